The van der Waals surface area contributed by atoms with Crippen molar-refractivity contribution in [3.05, 3.63) is 24.0 Å². The highest BCUT2D eigenvalue weighted by molar-refractivity contribution is 5.86. The number of hydrogen-bond donors (Lipinski definition) is 0. The predicted molar refractivity (Wildman–Crippen MR) is 144 cm³/mol. The van der Waals surface area contributed by atoms with Crippen molar-refractivity contribution in [1.82, 2.24) is 39.3 Å². The van der Waals surface area contributed by atoms with Gasteiger partial charge in [0.05, 0.1) is 25.3 Å². The van der Waals surface area contributed by atoms with Gasteiger partial charge in [0.1, 0.15) is 11.6 Å². The number of anilines is 1. The Balaban J connectivity index is 1.30. The smallest absolute Gasteiger partial charge is 0.167 e. The molecule has 3 saturated heterocycles. The molecule has 0 atom stereocenters. The molecule has 0 saturated carbocycles. The first-order chi connectivity index (χ1) is 18.2. The zero-order valence-corrected chi connectivity index (χ0v) is 22.3. The average molecular weight is 506 g/mol. The molecule has 0 aliphatic carbocycles. The first-order valence-electron chi connectivity index (χ1n) is 14.0. The Kier molecular flexibility index (Phi) is 7.30. The summed E-state index contributed by atoms with van der Waals surface area (Å²) in [6, 6.07) is 0.750. The number of rotatable bonds is 6. The van der Waals surface area contributed by atoms with Crippen LogP contribution in [0.2, 0.25) is 0 Å². The third-order valence-corrected chi connectivity index (χ3v) is 8.15. The molecule has 6 rings (SSSR count). The van der Waals surface area contributed by atoms with Gasteiger partial charge in [0, 0.05) is 51.2 Å². The molecule has 0 bridgehead atoms. The van der Waals surface area contributed by atoms with Gasteiger partial charge < -0.3 is 19.1 Å². The molecule has 10 nitrogen and oxygen atoms in total. The van der Waals surface area contributed by atoms with Crippen LogP contribution in [0, 0.1) is 6.92 Å². The summed E-state index contributed by atoms with van der Waals surface area (Å²) in [6.07, 6.45) is 10.3. The van der Waals surface area contributed by atoms with E-state index >= 15 is 0 Å². The quantitative estimate of drug-likeness (QED) is 0.502. The van der Waals surface area contributed by atoms with Gasteiger partial charge in [-0.1, -0.05) is 6.42 Å². The summed E-state index contributed by atoms with van der Waals surface area (Å²) in [4.78, 5) is 31.6. The minimum atomic E-state index is 0.650. The lowest BCUT2D eigenvalue weighted by molar-refractivity contribution is 0.0881. The van der Waals surface area contributed by atoms with Gasteiger partial charge in [-0.3, -0.25) is 4.90 Å². The zero-order chi connectivity index (χ0) is 25.2. The molecule has 3 aliphatic rings. The molecule has 6 heterocycles. The van der Waals surface area contributed by atoms with Gasteiger partial charge in [-0.05, 0) is 52.6 Å². The Morgan fingerprint density at radius 2 is 1.62 bits per heavy atom. The molecule has 0 aromatic carbocycles. The average Bonchev–Trinajstić information content (AvgIpc) is 3.31. The minimum absolute atomic E-state index is 0.650. The second kappa shape index (κ2) is 11.0. The van der Waals surface area contributed by atoms with E-state index in [2.05, 4.69) is 36.2 Å². The predicted octanol–water partition coefficient (Wildman–Crippen LogP) is 2.90. The lowest BCUT2D eigenvalue weighted by Gasteiger charge is -2.40. The van der Waals surface area contributed by atoms with E-state index in [0.29, 0.717) is 19.0 Å². The Morgan fingerprint density at radius 1 is 0.892 bits per heavy atom. The van der Waals surface area contributed by atoms with E-state index in [-0.39, 0.29) is 0 Å². The first kappa shape index (κ1) is 24.6. The van der Waals surface area contributed by atoms with Crippen LogP contribution in [0.15, 0.2) is 12.4 Å². The number of hydrogen-bond acceptors (Lipinski definition) is 9. The highest BCUT2D eigenvalue weighted by Gasteiger charge is 2.28. The largest absolute Gasteiger partial charge is 0.378 e. The third-order valence-electron chi connectivity index (χ3n) is 8.15. The number of piperidine rings is 2. The minimum Gasteiger partial charge on any atom is -0.378 e. The molecule has 198 valence electrons. The number of morpholine rings is 1. The summed E-state index contributed by atoms with van der Waals surface area (Å²) in [5, 5.41) is 0. The molecule has 0 N–H and O–H groups in total. The van der Waals surface area contributed by atoms with Crippen molar-refractivity contribution >= 4 is 17.0 Å². The van der Waals surface area contributed by atoms with Gasteiger partial charge >= 0.3 is 0 Å². The highest BCUT2D eigenvalue weighted by atomic mass is 16.5. The maximum atomic E-state index is 5.62. The van der Waals surface area contributed by atoms with E-state index < -0.39 is 0 Å². The van der Waals surface area contributed by atoms with Crippen molar-refractivity contribution < 1.29 is 4.74 Å². The summed E-state index contributed by atoms with van der Waals surface area (Å²) in [5.41, 5.74) is 2.61. The van der Waals surface area contributed by atoms with Crippen molar-refractivity contribution in [1.29, 1.82) is 0 Å². The lowest BCUT2D eigenvalue weighted by Crippen LogP contribution is -2.46. The standard InChI is InChI=1S/C27H39N9O/c1-3-36-23(19-33-11-7-22(8-12-33)34-9-5-4-6-10-34)30-24-26(35-13-15-37-16-14-35)31-25(32-27(24)36)21-17-28-20(2)29-18-21/h17-18,22H,3-16,19H2,1-2H3. The van der Waals surface area contributed by atoms with E-state index in [1.807, 2.05) is 19.3 Å². The summed E-state index contributed by atoms with van der Waals surface area (Å²) >= 11 is 0. The second-order valence-electron chi connectivity index (χ2n) is 10.5. The molecule has 3 fully saturated rings. The van der Waals surface area contributed by atoms with Crippen LogP contribution in [0.1, 0.15) is 50.7 Å². The van der Waals surface area contributed by atoms with Gasteiger partial charge in [-0.15, -0.1) is 0 Å². The van der Waals surface area contributed by atoms with Crippen LogP contribution in [0.3, 0.4) is 0 Å². The molecule has 0 amide bonds. The number of aromatic nitrogens is 6. The summed E-state index contributed by atoms with van der Waals surface area (Å²) < 4.78 is 7.90. The number of likely N-dealkylation sites (tertiary alicyclic amines) is 2. The summed E-state index contributed by atoms with van der Waals surface area (Å²) in [5.74, 6) is 3.36. The van der Waals surface area contributed by atoms with E-state index in [0.717, 1.165) is 79.5 Å². The van der Waals surface area contributed by atoms with Gasteiger partial charge in [0.15, 0.2) is 22.8 Å². The number of nitrogens with zero attached hydrogens (tertiary/aromatic N) is 9. The molecule has 37 heavy (non-hydrogen) atoms. The lowest BCUT2D eigenvalue weighted by atomic mass is 10.00. The van der Waals surface area contributed by atoms with E-state index in [9.17, 15) is 0 Å². The SMILES string of the molecule is CCn1c(CN2CCC(N3CCCCC3)CC2)nc2c(N3CCOCC3)nc(-c3cnc(C)nc3)nc21. The molecule has 3 aromatic rings. The molecule has 0 radical (unpaired) electrons. The Morgan fingerprint density at radius 3 is 2.32 bits per heavy atom. The normalized spacial score (nSPS) is 20.6. The Hall–Kier alpha value is -2.69. The Bertz CT molecular complexity index is 1190. The van der Waals surface area contributed by atoms with Gasteiger partial charge in [-0.25, -0.2) is 24.9 Å². The van der Waals surface area contributed by atoms with Crippen LogP contribution in [-0.4, -0.2) is 97.8 Å². The fourth-order valence-corrected chi connectivity index (χ4v) is 6.04. The molecule has 10 heteroatoms. The first-order valence-corrected chi connectivity index (χ1v) is 14.0. The van der Waals surface area contributed by atoms with Crippen molar-refractivity contribution in [3.63, 3.8) is 0 Å². The van der Waals surface area contributed by atoms with Crippen molar-refractivity contribution in [2.24, 2.45) is 0 Å². The van der Waals surface area contributed by atoms with Crippen LogP contribution in [0.5, 0.6) is 0 Å². The third kappa shape index (κ3) is 5.19. The van der Waals surface area contributed by atoms with Gasteiger partial charge in [0.2, 0.25) is 0 Å². The van der Waals surface area contributed by atoms with E-state index in [1.54, 1.807) is 0 Å². The van der Waals surface area contributed by atoms with E-state index in [4.69, 9.17) is 19.7 Å². The molecule has 3 aliphatic heterocycles. The molecular weight excluding hydrogens is 466 g/mol. The van der Waals surface area contributed by atoms with Crippen LogP contribution < -0.4 is 4.90 Å². The van der Waals surface area contributed by atoms with Crippen LogP contribution >= 0.6 is 0 Å². The maximum Gasteiger partial charge on any atom is 0.167 e. The van der Waals surface area contributed by atoms with Gasteiger partial charge in [0.25, 0.3) is 0 Å². The second-order valence-corrected chi connectivity index (χ2v) is 10.5. The van der Waals surface area contributed by atoms with Crippen LogP contribution in [0.25, 0.3) is 22.6 Å². The number of aryl methyl sites for hydroxylation is 2. The Labute approximate surface area is 219 Å². The van der Waals surface area contributed by atoms with Crippen molar-refractivity contribution in [3.8, 4) is 11.4 Å². The fraction of sp³-hybridized carbons (Fsp3) is 0.667. The molecular formula is C27H39N9O. The van der Waals surface area contributed by atoms with Crippen LogP contribution in [0.4, 0.5) is 5.82 Å². The highest BCUT2D eigenvalue weighted by Crippen LogP contribution is 2.29. The number of fused-ring (bicyclic) bond motifs is 1. The monoisotopic (exact) mass is 505 g/mol. The zero-order valence-electron chi connectivity index (χ0n) is 22.3. The molecule has 0 spiro atoms. The maximum absolute atomic E-state index is 5.62. The van der Waals surface area contributed by atoms with Crippen molar-refractivity contribution in [2.45, 2.75) is 65.1 Å². The van der Waals surface area contributed by atoms with Gasteiger partial charge in [-0.2, -0.15) is 0 Å². The summed E-state index contributed by atoms with van der Waals surface area (Å²) in [7, 11) is 0. The van der Waals surface area contributed by atoms with Crippen molar-refractivity contribution in [2.75, 3.05) is 57.4 Å². The molecule has 3 aromatic heterocycles. The fourth-order valence-electron chi connectivity index (χ4n) is 6.04. The van der Waals surface area contributed by atoms with Crippen LogP contribution in [-0.2, 0) is 17.8 Å². The number of ether oxygens (including phenoxy) is 1. The topological polar surface area (TPSA) is 88.3 Å². The summed E-state index contributed by atoms with van der Waals surface area (Å²) in [6.45, 7) is 13.6. The molecule has 0 unspecified atom stereocenters. The van der Waals surface area contributed by atoms with E-state index in [1.165, 1.54) is 45.2 Å². The number of imidazole rings is 1.